The van der Waals surface area contributed by atoms with Crippen molar-refractivity contribution in [3.05, 3.63) is 50.2 Å². The molecular weight excluding hydrogens is 348 g/mol. The largest absolute Gasteiger partial charge is 0.496 e. The lowest BCUT2D eigenvalue weighted by Gasteiger charge is -2.23. The van der Waals surface area contributed by atoms with Crippen LogP contribution in [0.3, 0.4) is 0 Å². The molecule has 0 aliphatic heterocycles. The molecule has 0 radical (unpaired) electrons. The molecule has 3 N–H and O–H groups in total. The van der Waals surface area contributed by atoms with Crippen molar-refractivity contribution >= 4 is 17.3 Å². The summed E-state index contributed by atoms with van der Waals surface area (Å²) in [6, 6.07) is 5.14. The molecule has 2 aromatic rings. The summed E-state index contributed by atoms with van der Waals surface area (Å²) >= 11 is 0. The van der Waals surface area contributed by atoms with E-state index in [1.165, 1.54) is 11.5 Å². The number of hydrogen-bond acceptors (Lipinski definition) is 6. The van der Waals surface area contributed by atoms with Gasteiger partial charge in [-0.15, -0.1) is 0 Å². The maximum absolute atomic E-state index is 12.4. The molecule has 1 aromatic heterocycles. The highest BCUT2D eigenvalue weighted by atomic mass is 16.5. The summed E-state index contributed by atoms with van der Waals surface area (Å²) in [6.07, 6.45) is 1.67. The zero-order chi connectivity index (χ0) is 20.1. The third kappa shape index (κ3) is 4.39. The summed E-state index contributed by atoms with van der Waals surface area (Å²) in [4.78, 5) is 40.1. The first-order valence-electron chi connectivity index (χ1n) is 8.81. The fourth-order valence-electron chi connectivity index (χ4n) is 2.94. The minimum Gasteiger partial charge on any atom is -0.496 e. The standard InChI is InChI=1S/C19H26N4O4/c1-5-6-9-23-17(20)16(18(25)21-19(23)26)22(3)11-14-10-13(12(2)24)7-8-15(14)27-4/h7-8,10H,5-6,9,11,20H2,1-4H3,(H,21,25,26). The fourth-order valence-corrected chi connectivity index (χ4v) is 2.94. The first-order chi connectivity index (χ1) is 12.8. The Morgan fingerprint density at radius 1 is 1.33 bits per heavy atom. The Labute approximate surface area is 157 Å². The topological polar surface area (TPSA) is 110 Å². The van der Waals surface area contributed by atoms with Crippen LogP contribution < -0.4 is 26.6 Å². The van der Waals surface area contributed by atoms with E-state index in [2.05, 4.69) is 4.98 Å². The van der Waals surface area contributed by atoms with E-state index in [0.29, 0.717) is 17.9 Å². The molecule has 0 bridgehead atoms. The van der Waals surface area contributed by atoms with Crippen molar-refractivity contribution in [3.63, 3.8) is 0 Å². The van der Waals surface area contributed by atoms with Crippen molar-refractivity contribution in [2.24, 2.45) is 0 Å². The van der Waals surface area contributed by atoms with Crippen LogP contribution in [0, 0.1) is 0 Å². The highest BCUT2D eigenvalue weighted by Gasteiger charge is 2.18. The van der Waals surface area contributed by atoms with E-state index in [1.807, 2.05) is 6.92 Å². The number of nitrogens with zero attached hydrogens (tertiary/aromatic N) is 2. The van der Waals surface area contributed by atoms with Gasteiger partial charge >= 0.3 is 5.69 Å². The Hall–Kier alpha value is -3.03. The summed E-state index contributed by atoms with van der Waals surface area (Å²) in [6.45, 7) is 4.21. The van der Waals surface area contributed by atoms with Crippen LogP contribution in [0.4, 0.5) is 11.5 Å². The van der Waals surface area contributed by atoms with E-state index >= 15 is 0 Å². The molecule has 0 aliphatic carbocycles. The first kappa shape index (κ1) is 20.3. The lowest BCUT2D eigenvalue weighted by Crippen LogP contribution is -2.37. The smallest absolute Gasteiger partial charge is 0.330 e. The number of ketones is 1. The number of ether oxygens (including phenoxy) is 1. The van der Waals surface area contributed by atoms with Crippen molar-refractivity contribution in [3.8, 4) is 5.75 Å². The minimum atomic E-state index is -0.547. The van der Waals surface area contributed by atoms with Gasteiger partial charge in [-0.2, -0.15) is 0 Å². The lowest BCUT2D eigenvalue weighted by molar-refractivity contribution is 0.101. The summed E-state index contributed by atoms with van der Waals surface area (Å²) in [7, 11) is 3.24. The van der Waals surface area contributed by atoms with E-state index in [0.717, 1.165) is 18.4 Å². The Balaban J connectivity index is 2.46. The maximum atomic E-state index is 12.4. The molecule has 0 saturated carbocycles. The predicted molar refractivity (Wildman–Crippen MR) is 106 cm³/mol. The molecule has 0 fully saturated rings. The molecule has 146 valence electrons. The summed E-state index contributed by atoms with van der Waals surface area (Å²) in [5, 5.41) is 0. The minimum absolute atomic E-state index is 0.0629. The predicted octanol–water partition coefficient (Wildman–Crippen LogP) is 1.77. The summed E-state index contributed by atoms with van der Waals surface area (Å²) < 4.78 is 6.74. The Bertz CT molecular complexity index is 946. The molecule has 8 heteroatoms. The number of unbranched alkanes of at least 4 members (excludes halogenated alkanes) is 1. The molecular formula is C19H26N4O4. The molecule has 0 spiro atoms. The number of carbonyl (C=O) groups is 1. The van der Waals surface area contributed by atoms with Crippen molar-refractivity contribution in [2.75, 3.05) is 24.8 Å². The third-order valence-corrected chi connectivity index (χ3v) is 4.43. The van der Waals surface area contributed by atoms with Crippen molar-refractivity contribution in [1.82, 2.24) is 9.55 Å². The number of methoxy groups -OCH3 is 1. The third-order valence-electron chi connectivity index (χ3n) is 4.43. The molecule has 27 heavy (non-hydrogen) atoms. The molecule has 2 rings (SSSR count). The molecule has 0 atom stereocenters. The molecule has 0 saturated heterocycles. The quantitative estimate of drug-likeness (QED) is 0.681. The molecule has 0 amide bonds. The van der Waals surface area contributed by atoms with Crippen LogP contribution in [0.15, 0.2) is 27.8 Å². The molecule has 1 heterocycles. The number of aromatic nitrogens is 2. The van der Waals surface area contributed by atoms with Crippen molar-refractivity contribution in [2.45, 2.75) is 39.8 Å². The molecule has 8 nitrogen and oxygen atoms in total. The number of anilines is 2. The number of benzene rings is 1. The zero-order valence-electron chi connectivity index (χ0n) is 16.2. The van der Waals surface area contributed by atoms with Crippen molar-refractivity contribution < 1.29 is 9.53 Å². The van der Waals surface area contributed by atoms with Gasteiger partial charge in [-0.05, 0) is 31.5 Å². The lowest BCUT2D eigenvalue weighted by atomic mass is 10.1. The van der Waals surface area contributed by atoms with Crippen LogP contribution in [0.1, 0.15) is 42.6 Å². The van der Waals surface area contributed by atoms with Gasteiger partial charge < -0.3 is 15.4 Å². The van der Waals surface area contributed by atoms with E-state index in [-0.39, 0.29) is 23.8 Å². The van der Waals surface area contributed by atoms with Crippen LogP contribution in [-0.4, -0.2) is 29.5 Å². The Morgan fingerprint density at radius 2 is 2.04 bits per heavy atom. The van der Waals surface area contributed by atoms with E-state index in [4.69, 9.17) is 10.5 Å². The second-order valence-electron chi connectivity index (χ2n) is 6.44. The van der Waals surface area contributed by atoms with Gasteiger partial charge in [0, 0.05) is 31.3 Å². The van der Waals surface area contributed by atoms with Crippen molar-refractivity contribution in [1.29, 1.82) is 0 Å². The monoisotopic (exact) mass is 374 g/mol. The number of nitrogens with one attached hydrogen (secondary N) is 1. The normalized spacial score (nSPS) is 10.7. The van der Waals surface area contributed by atoms with E-state index < -0.39 is 11.2 Å². The number of Topliss-reactive ketones (excluding diaryl/α,β-unsaturated/α-hetero) is 1. The van der Waals surface area contributed by atoms with E-state index in [1.54, 1.807) is 37.3 Å². The molecule has 0 aliphatic rings. The number of carbonyl (C=O) groups excluding carboxylic acids is 1. The number of H-pyrrole nitrogens is 1. The maximum Gasteiger partial charge on any atom is 0.330 e. The van der Waals surface area contributed by atoms with Gasteiger partial charge in [-0.25, -0.2) is 4.79 Å². The SMILES string of the molecule is CCCCn1c(N)c(N(C)Cc2cc(C(C)=O)ccc2OC)c(=O)[nH]c1=O. The van der Waals surface area contributed by atoms with Crippen LogP contribution >= 0.6 is 0 Å². The van der Waals surface area contributed by atoms with Gasteiger partial charge in [-0.1, -0.05) is 13.3 Å². The molecule has 0 unspecified atom stereocenters. The second kappa shape index (κ2) is 8.57. The van der Waals surface area contributed by atoms with Gasteiger partial charge in [0.2, 0.25) is 0 Å². The zero-order valence-corrected chi connectivity index (χ0v) is 16.2. The number of nitrogen functional groups attached to an aromatic ring is 1. The molecule has 1 aromatic carbocycles. The fraction of sp³-hybridized carbons (Fsp3) is 0.421. The van der Waals surface area contributed by atoms with Gasteiger partial charge in [0.1, 0.15) is 17.3 Å². The van der Waals surface area contributed by atoms with Crippen LogP contribution in [-0.2, 0) is 13.1 Å². The highest BCUT2D eigenvalue weighted by molar-refractivity contribution is 5.94. The number of nitrogens with two attached hydrogens (primary N) is 1. The average Bonchev–Trinajstić information content (AvgIpc) is 2.61. The van der Waals surface area contributed by atoms with Gasteiger partial charge in [0.25, 0.3) is 5.56 Å². The number of rotatable bonds is 8. The Morgan fingerprint density at radius 3 is 2.63 bits per heavy atom. The van der Waals surface area contributed by atoms with Crippen LogP contribution in [0.5, 0.6) is 5.75 Å². The van der Waals surface area contributed by atoms with E-state index in [9.17, 15) is 14.4 Å². The van der Waals surface area contributed by atoms with Crippen LogP contribution in [0.25, 0.3) is 0 Å². The summed E-state index contributed by atoms with van der Waals surface area (Å²) in [5.74, 6) is 0.662. The number of aromatic amines is 1. The number of hydrogen-bond donors (Lipinski definition) is 2. The van der Waals surface area contributed by atoms with Gasteiger partial charge in [0.15, 0.2) is 5.78 Å². The van der Waals surface area contributed by atoms with Gasteiger partial charge in [-0.3, -0.25) is 19.1 Å². The highest BCUT2D eigenvalue weighted by Crippen LogP contribution is 2.24. The summed E-state index contributed by atoms with van der Waals surface area (Å²) in [5.41, 5.74) is 6.58. The van der Waals surface area contributed by atoms with Crippen LogP contribution in [0.2, 0.25) is 0 Å². The average molecular weight is 374 g/mol. The Kier molecular flexibility index (Phi) is 6.44. The van der Waals surface area contributed by atoms with Gasteiger partial charge in [0.05, 0.1) is 7.11 Å². The second-order valence-corrected chi connectivity index (χ2v) is 6.44. The first-order valence-corrected chi connectivity index (χ1v) is 8.81.